The summed E-state index contributed by atoms with van der Waals surface area (Å²) in [7, 11) is 0. The van der Waals surface area contributed by atoms with E-state index in [-0.39, 0.29) is 11.4 Å². The van der Waals surface area contributed by atoms with E-state index in [0.29, 0.717) is 17.9 Å². The molecule has 1 aliphatic heterocycles. The molecule has 0 spiro atoms. The first-order valence-electron chi connectivity index (χ1n) is 7.97. The van der Waals surface area contributed by atoms with Crippen molar-refractivity contribution in [1.82, 2.24) is 0 Å². The molecule has 0 saturated carbocycles. The zero-order valence-corrected chi connectivity index (χ0v) is 13.7. The molecule has 0 bridgehead atoms. The molecule has 1 heterocycles. The Morgan fingerprint density at radius 2 is 1.58 bits per heavy atom. The van der Waals surface area contributed by atoms with Crippen LogP contribution in [0, 0.1) is 0 Å². The number of azo groups is 1. The van der Waals surface area contributed by atoms with Crippen molar-refractivity contribution in [3.63, 3.8) is 0 Å². The molecular weight excluding hydrogens is 300 g/mol. The molecule has 0 amide bonds. The Bertz CT molecular complexity index is 947. The maximum Gasteiger partial charge on any atom is 0.155 e. The van der Waals surface area contributed by atoms with Gasteiger partial charge in [0.25, 0.3) is 0 Å². The fourth-order valence-electron chi connectivity index (χ4n) is 3.15. The Hall–Kier alpha value is -2.88. The van der Waals surface area contributed by atoms with E-state index in [0.717, 1.165) is 22.0 Å². The third-order valence-electron chi connectivity index (χ3n) is 4.21. The van der Waals surface area contributed by atoms with Crippen LogP contribution in [0.25, 0.3) is 10.8 Å². The van der Waals surface area contributed by atoms with E-state index in [1.165, 1.54) is 0 Å². The van der Waals surface area contributed by atoms with Crippen LogP contribution in [-0.2, 0) is 6.42 Å². The lowest BCUT2D eigenvalue weighted by molar-refractivity contribution is 0.139. The van der Waals surface area contributed by atoms with Crippen LogP contribution in [0.5, 0.6) is 11.5 Å². The zero-order chi connectivity index (χ0) is 16.7. The SMILES string of the molecule is CC1(C)Cc2c(c(N=Nc3ccccc3)c3ccccc3c2O)O1. The molecule has 4 nitrogen and oxygen atoms in total. The van der Waals surface area contributed by atoms with Gasteiger partial charge in [-0.05, 0) is 26.0 Å². The largest absolute Gasteiger partial charge is 0.507 e. The monoisotopic (exact) mass is 318 g/mol. The lowest BCUT2D eigenvalue weighted by Crippen LogP contribution is -2.24. The number of fused-ring (bicyclic) bond motifs is 2. The second-order valence-electron chi connectivity index (χ2n) is 6.62. The number of ether oxygens (including phenoxy) is 1. The Morgan fingerprint density at radius 1 is 0.917 bits per heavy atom. The summed E-state index contributed by atoms with van der Waals surface area (Å²) in [6.45, 7) is 4.02. The van der Waals surface area contributed by atoms with E-state index in [1.54, 1.807) is 0 Å². The van der Waals surface area contributed by atoms with Crippen molar-refractivity contribution in [2.24, 2.45) is 10.2 Å². The first-order chi connectivity index (χ1) is 11.6. The zero-order valence-electron chi connectivity index (χ0n) is 13.7. The van der Waals surface area contributed by atoms with Gasteiger partial charge in [-0.25, -0.2) is 0 Å². The van der Waals surface area contributed by atoms with Gasteiger partial charge in [0.05, 0.1) is 5.69 Å². The second kappa shape index (κ2) is 5.34. The van der Waals surface area contributed by atoms with Crippen LogP contribution in [0.15, 0.2) is 64.8 Å². The molecule has 0 radical (unpaired) electrons. The third kappa shape index (κ3) is 2.40. The van der Waals surface area contributed by atoms with Crippen LogP contribution >= 0.6 is 0 Å². The van der Waals surface area contributed by atoms with Crippen molar-refractivity contribution in [3.8, 4) is 11.5 Å². The minimum atomic E-state index is -0.367. The summed E-state index contributed by atoms with van der Waals surface area (Å²) < 4.78 is 6.09. The summed E-state index contributed by atoms with van der Waals surface area (Å²) in [5.74, 6) is 0.917. The van der Waals surface area contributed by atoms with Gasteiger partial charge in [-0.15, -0.1) is 5.11 Å². The number of hydrogen-bond donors (Lipinski definition) is 1. The van der Waals surface area contributed by atoms with Crippen LogP contribution in [-0.4, -0.2) is 10.7 Å². The molecule has 120 valence electrons. The van der Waals surface area contributed by atoms with Gasteiger partial charge in [0, 0.05) is 22.8 Å². The van der Waals surface area contributed by atoms with E-state index < -0.39 is 0 Å². The van der Waals surface area contributed by atoms with Crippen molar-refractivity contribution in [2.45, 2.75) is 25.9 Å². The first kappa shape index (κ1) is 14.7. The molecule has 0 unspecified atom stereocenters. The number of benzene rings is 3. The van der Waals surface area contributed by atoms with E-state index >= 15 is 0 Å². The van der Waals surface area contributed by atoms with Crippen molar-refractivity contribution >= 4 is 22.1 Å². The van der Waals surface area contributed by atoms with Gasteiger partial charge < -0.3 is 9.84 Å². The molecule has 0 fully saturated rings. The summed E-state index contributed by atoms with van der Waals surface area (Å²) >= 11 is 0. The summed E-state index contributed by atoms with van der Waals surface area (Å²) in [4.78, 5) is 0. The Kier molecular flexibility index (Phi) is 3.27. The van der Waals surface area contributed by atoms with Crippen LogP contribution < -0.4 is 4.74 Å². The lowest BCUT2D eigenvalue weighted by Gasteiger charge is -2.17. The lowest BCUT2D eigenvalue weighted by atomic mass is 9.97. The molecule has 3 aromatic rings. The van der Waals surface area contributed by atoms with Crippen LogP contribution in [0.4, 0.5) is 11.4 Å². The van der Waals surface area contributed by atoms with Gasteiger partial charge in [0.1, 0.15) is 17.0 Å². The number of nitrogens with zero attached hydrogens (tertiary/aromatic N) is 2. The van der Waals surface area contributed by atoms with E-state index in [9.17, 15) is 5.11 Å². The van der Waals surface area contributed by atoms with Crippen LogP contribution in [0.2, 0.25) is 0 Å². The molecular formula is C20H18N2O2. The van der Waals surface area contributed by atoms with E-state index in [2.05, 4.69) is 10.2 Å². The Balaban J connectivity index is 1.95. The Labute approximate surface area is 140 Å². The highest BCUT2D eigenvalue weighted by atomic mass is 16.5. The van der Waals surface area contributed by atoms with Crippen molar-refractivity contribution in [1.29, 1.82) is 0 Å². The molecule has 0 saturated heterocycles. The first-order valence-corrected chi connectivity index (χ1v) is 7.97. The maximum atomic E-state index is 10.7. The van der Waals surface area contributed by atoms with Gasteiger partial charge >= 0.3 is 0 Å². The number of rotatable bonds is 2. The van der Waals surface area contributed by atoms with Crippen molar-refractivity contribution in [3.05, 3.63) is 60.2 Å². The molecule has 24 heavy (non-hydrogen) atoms. The standard InChI is InChI=1S/C20H18N2O2/c1-20(2)12-16-18(23)15-11-7-6-10-14(15)17(19(16)24-20)22-21-13-8-4-3-5-9-13/h3-11,23H,12H2,1-2H3. The number of phenols is 1. The van der Waals surface area contributed by atoms with Gasteiger partial charge in [-0.2, -0.15) is 5.11 Å². The van der Waals surface area contributed by atoms with Gasteiger partial charge in [-0.3, -0.25) is 0 Å². The average molecular weight is 318 g/mol. The van der Waals surface area contributed by atoms with Gasteiger partial charge in [0.15, 0.2) is 5.75 Å². The smallest absolute Gasteiger partial charge is 0.155 e. The summed E-state index contributed by atoms with van der Waals surface area (Å²) in [6.07, 6.45) is 0.646. The molecule has 4 rings (SSSR count). The highest BCUT2D eigenvalue weighted by Gasteiger charge is 2.36. The average Bonchev–Trinajstić information content (AvgIpc) is 2.91. The summed E-state index contributed by atoms with van der Waals surface area (Å²) in [5, 5.41) is 21.1. The quantitative estimate of drug-likeness (QED) is 0.618. The highest BCUT2D eigenvalue weighted by molar-refractivity contribution is 6.01. The van der Waals surface area contributed by atoms with Crippen LogP contribution in [0.1, 0.15) is 19.4 Å². The van der Waals surface area contributed by atoms with Gasteiger partial charge in [-0.1, -0.05) is 42.5 Å². The molecule has 1 N–H and O–H groups in total. The molecule has 0 atom stereocenters. The molecule has 3 aromatic carbocycles. The van der Waals surface area contributed by atoms with E-state index in [4.69, 9.17) is 4.74 Å². The summed E-state index contributed by atoms with van der Waals surface area (Å²) in [6, 6.07) is 17.3. The molecule has 1 aliphatic rings. The predicted molar refractivity (Wildman–Crippen MR) is 94.6 cm³/mol. The maximum absolute atomic E-state index is 10.7. The predicted octanol–water partition coefficient (Wildman–Crippen LogP) is 5.67. The van der Waals surface area contributed by atoms with Crippen molar-refractivity contribution < 1.29 is 9.84 Å². The third-order valence-corrected chi connectivity index (χ3v) is 4.21. The topological polar surface area (TPSA) is 54.2 Å². The molecule has 0 aromatic heterocycles. The highest BCUT2D eigenvalue weighted by Crippen LogP contribution is 2.51. The molecule has 4 heteroatoms. The van der Waals surface area contributed by atoms with Crippen LogP contribution in [0.3, 0.4) is 0 Å². The molecule has 0 aliphatic carbocycles. The minimum absolute atomic E-state index is 0.282. The Morgan fingerprint density at radius 3 is 2.33 bits per heavy atom. The fourth-order valence-corrected chi connectivity index (χ4v) is 3.15. The number of aromatic hydroxyl groups is 1. The number of hydrogen-bond acceptors (Lipinski definition) is 4. The minimum Gasteiger partial charge on any atom is -0.507 e. The van der Waals surface area contributed by atoms with E-state index in [1.807, 2.05) is 68.4 Å². The van der Waals surface area contributed by atoms with Gasteiger partial charge in [0.2, 0.25) is 0 Å². The summed E-state index contributed by atoms with van der Waals surface area (Å²) in [5.41, 5.74) is 1.89. The number of phenolic OH excluding ortho intramolecular Hbond substituents is 1. The normalized spacial score (nSPS) is 15.6. The fraction of sp³-hybridized carbons (Fsp3) is 0.200. The second-order valence-corrected chi connectivity index (χ2v) is 6.62. The van der Waals surface area contributed by atoms with Crippen molar-refractivity contribution in [2.75, 3.05) is 0 Å².